The van der Waals surface area contributed by atoms with E-state index in [1.807, 2.05) is 47.5 Å². The third-order valence-electron chi connectivity index (χ3n) is 5.96. The molecular formula is C23H27N3O3. The van der Waals surface area contributed by atoms with Crippen LogP contribution in [-0.4, -0.2) is 47.5 Å². The minimum Gasteiger partial charge on any atom is -0.364 e. The van der Waals surface area contributed by atoms with Gasteiger partial charge in [-0.2, -0.15) is 0 Å². The summed E-state index contributed by atoms with van der Waals surface area (Å²) in [6.07, 6.45) is 7.39. The highest BCUT2D eigenvalue weighted by atomic mass is 16.5. The molecule has 1 N–H and O–H groups in total. The van der Waals surface area contributed by atoms with Crippen molar-refractivity contribution in [2.75, 3.05) is 19.7 Å². The lowest BCUT2D eigenvalue weighted by Gasteiger charge is -2.50. The summed E-state index contributed by atoms with van der Waals surface area (Å²) in [6.45, 7) is 1.18. The molecule has 29 heavy (non-hydrogen) atoms. The Kier molecular flexibility index (Phi) is 5.90. The fraction of sp³-hybridized carbons (Fsp3) is 0.435. The molecule has 2 aliphatic rings. The number of aromatic nitrogens is 1. The number of carbonyl (C=O) groups is 2. The minimum absolute atomic E-state index is 0.0480. The summed E-state index contributed by atoms with van der Waals surface area (Å²) in [5.74, 6) is 0.0682. The van der Waals surface area contributed by atoms with E-state index in [4.69, 9.17) is 4.74 Å². The number of rotatable bonds is 6. The first-order valence-corrected chi connectivity index (χ1v) is 10.3. The second kappa shape index (κ2) is 8.74. The highest BCUT2D eigenvalue weighted by molar-refractivity contribution is 5.80. The summed E-state index contributed by atoms with van der Waals surface area (Å²) in [5.41, 5.74) is 1.70. The zero-order valence-electron chi connectivity index (χ0n) is 16.5. The lowest BCUT2D eigenvalue weighted by atomic mass is 9.77. The van der Waals surface area contributed by atoms with Crippen molar-refractivity contribution in [1.82, 2.24) is 15.2 Å². The van der Waals surface area contributed by atoms with Crippen LogP contribution in [0.5, 0.6) is 0 Å². The van der Waals surface area contributed by atoms with E-state index in [1.165, 1.54) is 5.56 Å². The molecule has 0 spiro atoms. The Morgan fingerprint density at radius 1 is 1.21 bits per heavy atom. The number of unbranched alkanes of at least 4 members (excludes halogenated alkanes) is 1. The maximum absolute atomic E-state index is 12.8. The van der Waals surface area contributed by atoms with Gasteiger partial charge >= 0.3 is 0 Å². The van der Waals surface area contributed by atoms with E-state index in [2.05, 4.69) is 16.4 Å². The number of piperidine rings is 1. The van der Waals surface area contributed by atoms with Crippen LogP contribution >= 0.6 is 0 Å². The third-order valence-corrected chi connectivity index (χ3v) is 5.96. The Bertz CT molecular complexity index is 843. The summed E-state index contributed by atoms with van der Waals surface area (Å²) >= 11 is 0. The van der Waals surface area contributed by atoms with Crippen LogP contribution in [0.25, 0.3) is 0 Å². The lowest BCUT2D eigenvalue weighted by Crippen LogP contribution is -2.67. The van der Waals surface area contributed by atoms with Crippen molar-refractivity contribution in [3.05, 3.63) is 66.0 Å². The number of pyridine rings is 1. The molecule has 2 amide bonds. The number of ether oxygens (including phenoxy) is 1. The molecule has 2 aliphatic heterocycles. The molecule has 0 radical (unpaired) electrons. The van der Waals surface area contributed by atoms with Gasteiger partial charge in [-0.05, 0) is 42.9 Å². The Labute approximate surface area is 171 Å². The molecule has 152 valence electrons. The van der Waals surface area contributed by atoms with E-state index in [-0.39, 0.29) is 24.5 Å². The Hall–Kier alpha value is -2.73. The quantitative estimate of drug-likeness (QED) is 0.766. The van der Waals surface area contributed by atoms with Gasteiger partial charge in [0.25, 0.3) is 0 Å². The Morgan fingerprint density at radius 2 is 2.07 bits per heavy atom. The fourth-order valence-electron chi connectivity index (χ4n) is 4.39. The number of hydrogen-bond acceptors (Lipinski definition) is 4. The Morgan fingerprint density at radius 3 is 2.86 bits per heavy atom. The summed E-state index contributed by atoms with van der Waals surface area (Å²) in [4.78, 5) is 30.9. The molecule has 0 bridgehead atoms. The van der Waals surface area contributed by atoms with Crippen molar-refractivity contribution in [3.8, 4) is 0 Å². The van der Waals surface area contributed by atoms with Crippen LogP contribution in [0.2, 0.25) is 0 Å². The standard InChI is InChI=1S/C23H27N3O3/c27-21-17-29-20-16-26(14-12-23(20,25-21)19-9-2-1-3-10-19)22(28)11-5-4-7-18-8-6-13-24-15-18/h1-3,6,8-10,13,15,20H,4-5,7,11-12,14,16-17H2,(H,25,27)/t20-,23+/m1/s1. The van der Waals surface area contributed by atoms with E-state index in [0.717, 1.165) is 24.8 Å². The molecule has 6 nitrogen and oxygen atoms in total. The topological polar surface area (TPSA) is 71.5 Å². The molecule has 0 unspecified atom stereocenters. The van der Waals surface area contributed by atoms with Crippen LogP contribution in [0.1, 0.15) is 36.8 Å². The zero-order valence-corrected chi connectivity index (χ0v) is 16.5. The molecule has 3 heterocycles. The van der Waals surface area contributed by atoms with Gasteiger partial charge in [-0.25, -0.2) is 0 Å². The van der Waals surface area contributed by atoms with Crippen LogP contribution in [0.15, 0.2) is 54.9 Å². The molecule has 0 saturated carbocycles. The summed E-state index contributed by atoms with van der Waals surface area (Å²) in [6, 6.07) is 14.0. The first kappa shape index (κ1) is 19.6. The molecule has 2 atom stereocenters. The monoisotopic (exact) mass is 393 g/mol. The number of nitrogens with one attached hydrogen (secondary N) is 1. The predicted octanol–water partition coefficient (Wildman–Crippen LogP) is 2.44. The van der Waals surface area contributed by atoms with Gasteiger partial charge in [0, 0.05) is 31.9 Å². The Balaban J connectivity index is 1.34. The van der Waals surface area contributed by atoms with E-state index in [0.29, 0.717) is 25.9 Å². The van der Waals surface area contributed by atoms with E-state index >= 15 is 0 Å². The van der Waals surface area contributed by atoms with Crippen LogP contribution in [0, 0.1) is 0 Å². The second-order valence-electron chi connectivity index (χ2n) is 7.84. The second-order valence-corrected chi connectivity index (χ2v) is 7.84. The molecule has 2 fully saturated rings. The van der Waals surface area contributed by atoms with Gasteiger partial charge in [-0.15, -0.1) is 0 Å². The summed E-state index contributed by atoms with van der Waals surface area (Å²) in [5, 5.41) is 3.17. The molecule has 0 aliphatic carbocycles. The van der Waals surface area contributed by atoms with Crippen molar-refractivity contribution in [2.45, 2.75) is 43.7 Å². The van der Waals surface area contributed by atoms with Crippen LogP contribution in [0.4, 0.5) is 0 Å². The number of amides is 2. The van der Waals surface area contributed by atoms with Crippen molar-refractivity contribution >= 4 is 11.8 Å². The first-order chi connectivity index (χ1) is 14.2. The third kappa shape index (κ3) is 4.32. The smallest absolute Gasteiger partial charge is 0.246 e. The molecule has 4 rings (SSSR count). The van der Waals surface area contributed by atoms with Crippen molar-refractivity contribution < 1.29 is 14.3 Å². The highest BCUT2D eigenvalue weighted by Gasteiger charge is 2.49. The fourth-order valence-corrected chi connectivity index (χ4v) is 4.39. The number of fused-ring (bicyclic) bond motifs is 1. The minimum atomic E-state index is -0.548. The van der Waals surface area contributed by atoms with Crippen LogP contribution in [-0.2, 0) is 26.3 Å². The van der Waals surface area contributed by atoms with Gasteiger partial charge in [0.1, 0.15) is 12.7 Å². The van der Waals surface area contributed by atoms with Crippen LogP contribution in [0.3, 0.4) is 0 Å². The number of hydrogen-bond donors (Lipinski definition) is 1. The normalized spacial score (nSPS) is 23.9. The average Bonchev–Trinajstić information content (AvgIpc) is 2.77. The predicted molar refractivity (Wildman–Crippen MR) is 109 cm³/mol. The molecule has 6 heteroatoms. The van der Waals surface area contributed by atoms with E-state index < -0.39 is 5.54 Å². The molecule has 2 aromatic rings. The highest BCUT2D eigenvalue weighted by Crippen LogP contribution is 2.37. The van der Waals surface area contributed by atoms with Gasteiger partial charge in [0.15, 0.2) is 0 Å². The zero-order chi connectivity index (χ0) is 20.1. The van der Waals surface area contributed by atoms with Gasteiger partial charge < -0.3 is 15.0 Å². The SMILES string of the molecule is O=C1CO[C@@H]2CN(C(=O)CCCCc3cccnc3)CC[C@@]2(c2ccccc2)N1. The van der Waals surface area contributed by atoms with Crippen LogP contribution < -0.4 is 5.32 Å². The number of morpholine rings is 1. The van der Waals surface area contributed by atoms with Gasteiger partial charge in [0.2, 0.25) is 11.8 Å². The number of carbonyl (C=O) groups excluding carboxylic acids is 2. The first-order valence-electron chi connectivity index (χ1n) is 10.3. The maximum atomic E-state index is 12.8. The van der Waals surface area contributed by atoms with Gasteiger partial charge in [0.05, 0.1) is 5.54 Å². The van der Waals surface area contributed by atoms with E-state index in [1.54, 1.807) is 6.20 Å². The van der Waals surface area contributed by atoms with Crippen molar-refractivity contribution in [3.63, 3.8) is 0 Å². The number of benzene rings is 1. The molecule has 1 aromatic carbocycles. The molecular weight excluding hydrogens is 366 g/mol. The molecule has 1 aromatic heterocycles. The number of aryl methyl sites for hydroxylation is 1. The van der Waals surface area contributed by atoms with Gasteiger partial charge in [-0.3, -0.25) is 14.6 Å². The average molecular weight is 393 g/mol. The molecule has 2 saturated heterocycles. The van der Waals surface area contributed by atoms with Crippen molar-refractivity contribution in [2.24, 2.45) is 0 Å². The number of likely N-dealkylation sites (tertiary alicyclic amines) is 1. The van der Waals surface area contributed by atoms with Crippen molar-refractivity contribution in [1.29, 1.82) is 0 Å². The lowest BCUT2D eigenvalue weighted by molar-refractivity contribution is -0.157. The maximum Gasteiger partial charge on any atom is 0.246 e. The number of nitrogens with zero attached hydrogens (tertiary/aromatic N) is 2. The largest absolute Gasteiger partial charge is 0.364 e. The van der Waals surface area contributed by atoms with E-state index in [9.17, 15) is 9.59 Å². The van der Waals surface area contributed by atoms with Gasteiger partial charge in [-0.1, -0.05) is 36.4 Å². The summed E-state index contributed by atoms with van der Waals surface area (Å²) < 4.78 is 5.90. The summed E-state index contributed by atoms with van der Waals surface area (Å²) in [7, 11) is 0.